The summed E-state index contributed by atoms with van der Waals surface area (Å²) in [5.41, 5.74) is 3.80. The molecule has 22 heavy (non-hydrogen) atoms. The number of amides is 1. The van der Waals surface area contributed by atoms with Crippen molar-refractivity contribution in [2.45, 2.75) is 26.8 Å². The van der Waals surface area contributed by atoms with Crippen molar-refractivity contribution in [2.24, 2.45) is 0 Å². The molecule has 5 heteroatoms. The van der Waals surface area contributed by atoms with Crippen LogP contribution in [0.2, 0.25) is 0 Å². The number of rotatable bonds is 2. The number of piperazine rings is 1. The minimum Gasteiger partial charge on any atom is -0.333 e. The van der Waals surface area contributed by atoms with Crippen LogP contribution >= 0.6 is 0 Å². The van der Waals surface area contributed by atoms with Crippen molar-refractivity contribution in [2.75, 3.05) is 19.6 Å². The fraction of sp³-hybridized carbons (Fsp3) is 0.412. The van der Waals surface area contributed by atoms with E-state index >= 15 is 0 Å². The summed E-state index contributed by atoms with van der Waals surface area (Å²) in [4.78, 5) is 14.5. The first-order chi connectivity index (χ1) is 10.6. The first-order valence-corrected chi connectivity index (χ1v) is 7.71. The predicted octanol–water partition coefficient (Wildman–Crippen LogP) is 1.92. The lowest BCUT2D eigenvalue weighted by atomic mass is 10.1. The SMILES string of the molecule is Cc1cc(C)n(-c2ccc(C(=O)N3CCNCC3C)cc2)n1. The van der Waals surface area contributed by atoms with Gasteiger partial charge in [-0.15, -0.1) is 0 Å². The van der Waals surface area contributed by atoms with E-state index in [-0.39, 0.29) is 11.9 Å². The van der Waals surface area contributed by atoms with E-state index in [9.17, 15) is 4.79 Å². The first kappa shape index (κ1) is 14.8. The fourth-order valence-electron chi connectivity index (χ4n) is 2.94. The van der Waals surface area contributed by atoms with Crippen LogP contribution in [0, 0.1) is 13.8 Å². The number of carbonyl (C=O) groups is 1. The molecule has 1 unspecified atom stereocenters. The van der Waals surface area contributed by atoms with Crippen LogP contribution in [0.5, 0.6) is 0 Å². The van der Waals surface area contributed by atoms with Gasteiger partial charge in [0.15, 0.2) is 0 Å². The van der Waals surface area contributed by atoms with Crippen LogP contribution < -0.4 is 5.32 Å². The quantitative estimate of drug-likeness (QED) is 0.921. The Morgan fingerprint density at radius 1 is 1.27 bits per heavy atom. The maximum absolute atomic E-state index is 12.6. The molecule has 1 aliphatic rings. The molecule has 3 rings (SSSR count). The molecule has 0 saturated carbocycles. The van der Waals surface area contributed by atoms with Gasteiger partial charge in [0, 0.05) is 36.9 Å². The largest absolute Gasteiger partial charge is 0.333 e. The van der Waals surface area contributed by atoms with E-state index < -0.39 is 0 Å². The predicted molar refractivity (Wildman–Crippen MR) is 86.4 cm³/mol. The molecule has 116 valence electrons. The molecule has 1 aromatic heterocycles. The number of nitrogens with one attached hydrogen (secondary N) is 1. The van der Waals surface area contributed by atoms with Gasteiger partial charge in [0.25, 0.3) is 5.91 Å². The molecule has 1 aromatic carbocycles. The summed E-state index contributed by atoms with van der Waals surface area (Å²) >= 11 is 0. The van der Waals surface area contributed by atoms with Crippen LogP contribution in [0.25, 0.3) is 5.69 Å². The molecular weight excluding hydrogens is 276 g/mol. The zero-order chi connectivity index (χ0) is 15.7. The van der Waals surface area contributed by atoms with Gasteiger partial charge in [0.2, 0.25) is 0 Å². The number of benzene rings is 1. The molecule has 1 N–H and O–H groups in total. The van der Waals surface area contributed by atoms with Crippen LogP contribution in [0.3, 0.4) is 0 Å². The van der Waals surface area contributed by atoms with E-state index in [1.54, 1.807) is 0 Å². The fourth-order valence-corrected chi connectivity index (χ4v) is 2.94. The number of nitrogens with zero attached hydrogens (tertiary/aromatic N) is 3. The average Bonchev–Trinajstić information content (AvgIpc) is 2.86. The Bertz CT molecular complexity index is 674. The van der Waals surface area contributed by atoms with Crippen LogP contribution in [0.15, 0.2) is 30.3 Å². The summed E-state index contributed by atoms with van der Waals surface area (Å²) in [5, 5.41) is 7.77. The third-order valence-corrected chi connectivity index (χ3v) is 4.13. The molecule has 1 fully saturated rings. The number of hydrogen-bond acceptors (Lipinski definition) is 3. The maximum atomic E-state index is 12.6. The van der Waals surface area contributed by atoms with E-state index in [2.05, 4.69) is 17.3 Å². The van der Waals surface area contributed by atoms with Crippen molar-refractivity contribution in [3.63, 3.8) is 0 Å². The monoisotopic (exact) mass is 298 g/mol. The van der Waals surface area contributed by atoms with Gasteiger partial charge in [0.05, 0.1) is 11.4 Å². The Morgan fingerprint density at radius 3 is 2.59 bits per heavy atom. The number of aromatic nitrogens is 2. The zero-order valence-electron chi connectivity index (χ0n) is 13.3. The highest BCUT2D eigenvalue weighted by Crippen LogP contribution is 2.15. The van der Waals surface area contributed by atoms with Crippen molar-refractivity contribution in [3.05, 3.63) is 47.3 Å². The summed E-state index contributed by atoms with van der Waals surface area (Å²) in [6.07, 6.45) is 0. The number of hydrogen-bond donors (Lipinski definition) is 1. The molecule has 2 heterocycles. The highest BCUT2D eigenvalue weighted by molar-refractivity contribution is 5.94. The lowest BCUT2D eigenvalue weighted by molar-refractivity contribution is 0.0656. The first-order valence-electron chi connectivity index (χ1n) is 7.71. The third-order valence-electron chi connectivity index (χ3n) is 4.13. The minimum absolute atomic E-state index is 0.105. The lowest BCUT2D eigenvalue weighted by Gasteiger charge is -2.34. The van der Waals surface area contributed by atoms with E-state index in [1.165, 1.54) is 0 Å². The number of aryl methyl sites for hydroxylation is 2. The summed E-state index contributed by atoms with van der Waals surface area (Å²) in [6.45, 7) is 8.57. The van der Waals surface area contributed by atoms with Gasteiger partial charge in [-0.25, -0.2) is 4.68 Å². The summed E-state index contributed by atoms with van der Waals surface area (Å²) in [5.74, 6) is 0.105. The summed E-state index contributed by atoms with van der Waals surface area (Å²) < 4.78 is 1.90. The zero-order valence-corrected chi connectivity index (χ0v) is 13.3. The van der Waals surface area contributed by atoms with Gasteiger partial charge in [-0.2, -0.15) is 5.10 Å². The molecule has 1 saturated heterocycles. The van der Waals surface area contributed by atoms with Crippen LogP contribution in [0.4, 0.5) is 0 Å². The van der Waals surface area contributed by atoms with Gasteiger partial charge >= 0.3 is 0 Å². The molecule has 1 aliphatic heterocycles. The van der Waals surface area contributed by atoms with E-state index in [1.807, 2.05) is 53.8 Å². The molecule has 5 nitrogen and oxygen atoms in total. The summed E-state index contributed by atoms with van der Waals surface area (Å²) in [6, 6.07) is 9.98. The summed E-state index contributed by atoms with van der Waals surface area (Å²) in [7, 11) is 0. The van der Waals surface area contributed by atoms with E-state index in [0.29, 0.717) is 0 Å². The van der Waals surface area contributed by atoms with Crippen molar-refractivity contribution in [1.29, 1.82) is 0 Å². The van der Waals surface area contributed by atoms with E-state index in [4.69, 9.17) is 0 Å². The van der Waals surface area contributed by atoms with Gasteiger partial charge in [-0.1, -0.05) is 0 Å². The second-order valence-electron chi connectivity index (χ2n) is 5.94. The average molecular weight is 298 g/mol. The van der Waals surface area contributed by atoms with Crippen molar-refractivity contribution in [1.82, 2.24) is 20.0 Å². The van der Waals surface area contributed by atoms with E-state index in [0.717, 1.165) is 42.3 Å². The molecule has 1 amide bonds. The highest BCUT2D eigenvalue weighted by atomic mass is 16.2. The second kappa shape index (κ2) is 5.93. The molecule has 0 aliphatic carbocycles. The minimum atomic E-state index is 0.105. The standard InChI is InChI=1S/C17H22N4O/c1-12-10-13(2)21(19-12)16-6-4-15(5-7-16)17(22)20-9-8-18-11-14(20)3/h4-7,10,14,18H,8-9,11H2,1-3H3. The van der Waals surface area contributed by atoms with Crippen molar-refractivity contribution in [3.8, 4) is 5.69 Å². The van der Waals surface area contributed by atoms with Gasteiger partial charge in [-0.3, -0.25) is 4.79 Å². The van der Waals surface area contributed by atoms with Crippen LogP contribution in [0.1, 0.15) is 28.7 Å². The maximum Gasteiger partial charge on any atom is 0.254 e. The molecule has 2 aromatic rings. The van der Waals surface area contributed by atoms with Crippen molar-refractivity contribution >= 4 is 5.91 Å². The Hall–Kier alpha value is -2.14. The molecule has 0 spiro atoms. The van der Waals surface area contributed by atoms with Crippen LogP contribution in [-0.4, -0.2) is 46.3 Å². The molecular formula is C17H22N4O. The Kier molecular flexibility index (Phi) is 3.98. The smallest absolute Gasteiger partial charge is 0.254 e. The van der Waals surface area contributed by atoms with Gasteiger partial charge in [-0.05, 0) is 51.1 Å². The topological polar surface area (TPSA) is 50.2 Å². The Balaban J connectivity index is 1.82. The highest BCUT2D eigenvalue weighted by Gasteiger charge is 2.23. The lowest BCUT2D eigenvalue weighted by Crippen LogP contribution is -2.52. The molecule has 1 atom stereocenters. The van der Waals surface area contributed by atoms with Crippen LogP contribution in [-0.2, 0) is 0 Å². The number of carbonyl (C=O) groups excluding carboxylic acids is 1. The molecule has 0 bridgehead atoms. The van der Waals surface area contributed by atoms with Gasteiger partial charge in [0.1, 0.15) is 0 Å². The van der Waals surface area contributed by atoms with Crippen molar-refractivity contribution < 1.29 is 4.79 Å². The normalized spacial score (nSPS) is 18.5. The van der Waals surface area contributed by atoms with Gasteiger partial charge < -0.3 is 10.2 Å². The second-order valence-corrected chi connectivity index (χ2v) is 5.94. The Labute approximate surface area is 130 Å². The Morgan fingerprint density at radius 2 is 2.00 bits per heavy atom. The third kappa shape index (κ3) is 2.76. The molecule has 0 radical (unpaired) electrons.